The van der Waals surface area contributed by atoms with Gasteiger partial charge in [-0.1, -0.05) is 37.3 Å². The van der Waals surface area contributed by atoms with Crippen LogP contribution >= 0.6 is 0 Å². The van der Waals surface area contributed by atoms with Crippen molar-refractivity contribution in [3.8, 4) is 0 Å². The fourth-order valence-corrected chi connectivity index (χ4v) is 3.97. The molecule has 0 aliphatic carbocycles. The first kappa shape index (κ1) is 17.4. The molecule has 4 heteroatoms. The Morgan fingerprint density at radius 3 is 2.79 bits per heavy atom. The molecule has 2 heterocycles. The van der Waals surface area contributed by atoms with Crippen LogP contribution in [0.3, 0.4) is 0 Å². The van der Waals surface area contributed by atoms with Crippen molar-refractivity contribution in [3.05, 3.63) is 35.9 Å². The van der Waals surface area contributed by atoms with E-state index in [0.717, 1.165) is 38.1 Å². The normalized spacial score (nSPS) is 26.7. The number of amides is 1. The molecule has 2 fully saturated rings. The van der Waals surface area contributed by atoms with E-state index in [1.807, 2.05) is 18.2 Å². The van der Waals surface area contributed by atoms with Crippen molar-refractivity contribution < 1.29 is 9.53 Å². The zero-order valence-electron chi connectivity index (χ0n) is 14.7. The summed E-state index contributed by atoms with van der Waals surface area (Å²) >= 11 is 0. The molecule has 2 N–H and O–H groups in total. The summed E-state index contributed by atoms with van der Waals surface area (Å²) in [5.41, 5.74) is 1.14. The summed E-state index contributed by atoms with van der Waals surface area (Å²) in [5, 5.41) is 6.71. The maximum atomic E-state index is 12.6. The second-order valence-corrected chi connectivity index (χ2v) is 7.30. The molecule has 4 nitrogen and oxygen atoms in total. The molecule has 0 spiro atoms. The van der Waals surface area contributed by atoms with E-state index in [9.17, 15) is 4.79 Å². The quantitative estimate of drug-likeness (QED) is 0.843. The lowest BCUT2D eigenvalue weighted by Gasteiger charge is -2.29. The fraction of sp³-hybridized carbons (Fsp3) is 0.650. The first-order valence-corrected chi connectivity index (χ1v) is 9.40. The van der Waals surface area contributed by atoms with Crippen LogP contribution in [0.4, 0.5) is 0 Å². The third kappa shape index (κ3) is 4.58. The average Bonchev–Trinajstić information content (AvgIpc) is 3.15. The van der Waals surface area contributed by atoms with E-state index >= 15 is 0 Å². The standard InChI is InChI=1S/C20H30N2O2/c1-15(17-9-5-11-21-14-17)13-19(23)22-20(18-10-6-12-24-18)16-7-3-2-4-8-16/h2-4,7-8,15,17-18,20-21H,5-6,9-14H2,1H3,(H,22,23). The van der Waals surface area contributed by atoms with Crippen molar-refractivity contribution in [1.82, 2.24) is 10.6 Å². The summed E-state index contributed by atoms with van der Waals surface area (Å²) in [7, 11) is 0. The molecule has 132 valence electrons. The first-order valence-electron chi connectivity index (χ1n) is 9.40. The van der Waals surface area contributed by atoms with Crippen molar-refractivity contribution in [1.29, 1.82) is 0 Å². The van der Waals surface area contributed by atoms with Gasteiger partial charge in [0.05, 0.1) is 12.1 Å². The Morgan fingerprint density at radius 2 is 2.12 bits per heavy atom. The van der Waals surface area contributed by atoms with Crippen LogP contribution in [0.5, 0.6) is 0 Å². The van der Waals surface area contributed by atoms with Crippen LogP contribution in [0.1, 0.15) is 50.6 Å². The number of ether oxygens (including phenoxy) is 1. The highest BCUT2D eigenvalue weighted by Crippen LogP contribution is 2.28. The third-order valence-electron chi connectivity index (χ3n) is 5.46. The highest BCUT2D eigenvalue weighted by atomic mass is 16.5. The van der Waals surface area contributed by atoms with Gasteiger partial charge in [-0.3, -0.25) is 4.79 Å². The van der Waals surface area contributed by atoms with Crippen molar-refractivity contribution in [2.24, 2.45) is 11.8 Å². The molecule has 4 unspecified atom stereocenters. The summed E-state index contributed by atoms with van der Waals surface area (Å²) in [5.74, 6) is 1.18. The van der Waals surface area contributed by atoms with Gasteiger partial charge in [-0.2, -0.15) is 0 Å². The van der Waals surface area contributed by atoms with E-state index in [2.05, 4.69) is 29.7 Å². The Hall–Kier alpha value is -1.39. The predicted octanol–water partition coefficient (Wildman–Crippen LogP) is 3.05. The van der Waals surface area contributed by atoms with Crippen LogP contribution < -0.4 is 10.6 Å². The second-order valence-electron chi connectivity index (χ2n) is 7.30. The number of nitrogens with one attached hydrogen (secondary N) is 2. The Kier molecular flexibility index (Phi) is 6.27. The highest BCUT2D eigenvalue weighted by molar-refractivity contribution is 5.76. The van der Waals surface area contributed by atoms with Crippen LogP contribution in [-0.4, -0.2) is 31.7 Å². The van der Waals surface area contributed by atoms with Crippen LogP contribution in [0.2, 0.25) is 0 Å². The van der Waals surface area contributed by atoms with Gasteiger partial charge < -0.3 is 15.4 Å². The molecule has 2 aliphatic rings. The SMILES string of the molecule is CC(CC(=O)NC(c1ccccc1)C1CCCO1)C1CCCNC1. The molecular weight excluding hydrogens is 300 g/mol. The zero-order valence-corrected chi connectivity index (χ0v) is 14.7. The van der Waals surface area contributed by atoms with Crippen molar-refractivity contribution in [2.45, 2.75) is 51.2 Å². The van der Waals surface area contributed by atoms with E-state index in [1.165, 1.54) is 12.8 Å². The topological polar surface area (TPSA) is 50.4 Å². The lowest BCUT2D eigenvalue weighted by Crippen LogP contribution is -2.39. The van der Waals surface area contributed by atoms with Crippen LogP contribution in [0.25, 0.3) is 0 Å². The lowest BCUT2D eigenvalue weighted by atomic mass is 9.85. The molecule has 0 bridgehead atoms. The van der Waals surface area contributed by atoms with E-state index in [4.69, 9.17) is 4.74 Å². The van der Waals surface area contributed by atoms with Crippen LogP contribution in [0, 0.1) is 11.8 Å². The minimum atomic E-state index is -0.0297. The Balaban J connectivity index is 1.60. The molecule has 0 aromatic heterocycles. The minimum Gasteiger partial charge on any atom is -0.376 e. The number of benzene rings is 1. The number of hydrogen-bond donors (Lipinski definition) is 2. The number of carbonyl (C=O) groups excluding carboxylic acids is 1. The Bertz CT molecular complexity index is 508. The Labute approximate surface area is 145 Å². The van der Waals surface area contributed by atoms with E-state index in [-0.39, 0.29) is 18.1 Å². The molecule has 2 aliphatic heterocycles. The van der Waals surface area contributed by atoms with E-state index in [1.54, 1.807) is 0 Å². The Morgan fingerprint density at radius 1 is 1.29 bits per heavy atom. The highest BCUT2D eigenvalue weighted by Gasteiger charge is 2.30. The molecule has 2 saturated heterocycles. The smallest absolute Gasteiger partial charge is 0.220 e. The van der Waals surface area contributed by atoms with Gasteiger partial charge in [0.2, 0.25) is 5.91 Å². The van der Waals surface area contributed by atoms with Crippen LogP contribution in [-0.2, 0) is 9.53 Å². The molecule has 4 atom stereocenters. The maximum Gasteiger partial charge on any atom is 0.220 e. The van der Waals surface area contributed by atoms with Gasteiger partial charge in [0, 0.05) is 13.0 Å². The number of piperidine rings is 1. The summed E-state index contributed by atoms with van der Waals surface area (Å²) in [6.45, 7) is 5.17. The van der Waals surface area contributed by atoms with Gasteiger partial charge in [0.25, 0.3) is 0 Å². The molecule has 1 aromatic rings. The summed E-state index contributed by atoms with van der Waals surface area (Å²) < 4.78 is 5.87. The molecule has 3 rings (SSSR count). The first-order chi connectivity index (χ1) is 11.7. The van der Waals surface area contributed by atoms with E-state index < -0.39 is 0 Å². The van der Waals surface area contributed by atoms with Crippen molar-refractivity contribution in [2.75, 3.05) is 19.7 Å². The average molecular weight is 330 g/mol. The van der Waals surface area contributed by atoms with Crippen molar-refractivity contribution in [3.63, 3.8) is 0 Å². The van der Waals surface area contributed by atoms with Gasteiger partial charge in [0.15, 0.2) is 0 Å². The molecule has 1 aromatic carbocycles. The third-order valence-corrected chi connectivity index (χ3v) is 5.46. The predicted molar refractivity (Wildman–Crippen MR) is 95.7 cm³/mol. The van der Waals surface area contributed by atoms with Gasteiger partial charge >= 0.3 is 0 Å². The van der Waals surface area contributed by atoms with E-state index in [0.29, 0.717) is 18.3 Å². The largest absolute Gasteiger partial charge is 0.376 e. The minimum absolute atomic E-state index is 0.0297. The van der Waals surface area contributed by atoms with Crippen molar-refractivity contribution >= 4 is 5.91 Å². The second kappa shape index (κ2) is 8.63. The van der Waals surface area contributed by atoms with Gasteiger partial charge in [-0.15, -0.1) is 0 Å². The molecule has 24 heavy (non-hydrogen) atoms. The maximum absolute atomic E-state index is 12.6. The van der Waals surface area contributed by atoms with Gasteiger partial charge in [-0.25, -0.2) is 0 Å². The number of rotatable bonds is 6. The molecule has 1 amide bonds. The lowest BCUT2D eigenvalue weighted by molar-refractivity contribution is -0.124. The molecule has 0 saturated carbocycles. The summed E-state index contributed by atoms with van der Waals surface area (Å²) in [6, 6.07) is 10.2. The molecular formula is C20H30N2O2. The summed E-state index contributed by atoms with van der Waals surface area (Å²) in [4.78, 5) is 12.6. The van der Waals surface area contributed by atoms with Gasteiger partial charge in [0.1, 0.15) is 0 Å². The monoisotopic (exact) mass is 330 g/mol. The number of hydrogen-bond acceptors (Lipinski definition) is 3. The zero-order chi connectivity index (χ0) is 16.8. The fourth-order valence-electron chi connectivity index (χ4n) is 3.97. The van der Waals surface area contributed by atoms with Gasteiger partial charge in [-0.05, 0) is 56.2 Å². The molecule has 0 radical (unpaired) electrons. The summed E-state index contributed by atoms with van der Waals surface area (Å²) in [6.07, 6.45) is 5.25. The van der Waals surface area contributed by atoms with Crippen LogP contribution in [0.15, 0.2) is 30.3 Å². The number of carbonyl (C=O) groups is 1.